The number of rotatable bonds is 6. The lowest BCUT2D eigenvalue weighted by atomic mass is 10.2. The Morgan fingerprint density at radius 3 is 2.75 bits per heavy atom. The summed E-state index contributed by atoms with van der Waals surface area (Å²) < 4.78 is 10.8. The van der Waals surface area contributed by atoms with Crippen molar-refractivity contribution in [2.75, 3.05) is 25.1 Å². The van der Waals surface area contributed by atoms with Gasteiger partial charge in [-0.1, -0.05) is 6.92 Å². The van der Waals surface area contributed by atoms with Gasteiger partial charge in [0.1, 0.15) is 0 Å². The quantitative estimate of drug-likeness (QED) is 0.641. The smallest absolute Gasteiger partial charge is 0.246 e. The molecule has 1 saturated heterocycles. The van der Waals surface area contributed by atoms with Crippen molar-refractivity contribution in [2.45, 2.75) is 25.8 Å². The highest BCUT2D eigenvalue weighted by Gasteiger charge is 2.37. The van der Waals surface area contributed by atoms with Gasteiger partial charge in [-0.2, -0.15) is 0 Å². The van der Waals surface area contributed by atoms with Crippen LogP contribution in [0.5, 0.6) is 0 Å². The van der Waals surface area contributed by atoms with E-state index in [1.54, 1.807) is 6.26 Å². The number of nitrogens with zero attached hydrogens (tertiary/aromatic N) is 1. The number of likely N-dealkylation sites (tertiary alicyclic amines) is 1. The molecule has 92 valence electrons. The predicted octanol–water partition coefficient (Wildman–Crippen LogP) is -0.508. The molecule has 0 radical (unpaired) electrons. The van der Waals surface area contributed by atoms with Crippen LogP contribution in [-0.4, -0.2) is 52.1 Å². The van der Waals surface area contributed by atoms with Crippen LogP contribution in [0.25, 0.3) is 0 Å². The summed E-state index contributed by atoms with van der Waals surface area (Å²) >= 11 is 0. The van der Waals surface area contributed by atoms with Gasteiger partial charge in [0.2, 0.25) is 11.8 Å². The van der Waals surface area contributed by atoms with Crippen molar-refractivity contribution in [1.29, 1.82) is 0 Å². The molecule has 2 amide bonds. The molecule has 0 spiro atoms. The Bertz CT molecular complexity index is 306. The van der Waals surface area contributed by atoms with E-state index >= 15 is 0 Å². The highest BCUT2D eigenvalue weighted by molar-refractivity contribution is 7.84. The first kappa shape index (κ1) is 13.3. The van der Waals surface area contributed by atoms with Gasteiger partial charge in [0, 0.05) is 35.9 Å². The normalized spacial score (nSPS) is 22.9. The summed E-state index contributed by atoms with van der Waals surface area (Å²) in [5.41, 5.74) is 0. The molecule has 0 aromatic carbocycles. The Balaban J connectivity index is 2.42. The van der Waals surface area contributed by atoms with Gasteiger partial charge in [0.05, 0.1) is 12.5 Å². The third-order valence-corrected chi connectivity index (χ3v) is 3.25. The van der Waals surface area contributed by atoms with Gasteiger partial charge >= 0.3 is 0 Å². The molecule has 1 N–H and O–H groups in total. The van der Waals surface area contributed by atoms with E-state index in [9.17, 15) is 13.8 Å². The Labute approximate surface area is 98.0 Å². The number of carbonyl (C=O) groups is 2. The molecule has 5 nitrogen and oxygen atoms in total. The van der Waals surface area contributed by atoms with Crippen molar-refractivity contribution in [2.24, 2.45) is 0 Å². The molecule has 6 heteroatoms. The van der Waals surface area contributed by atoms with Crippen LogP contribution in [0.3, 0.4) is 0 Å². The first-order valence-corrected chi connectivity index (χ1v) is 7.16. The van der Waals surface area contributed by atoms with Crippen LogP contribution < -0.4 is 5.32 Å². The van der Waals surface area contributed by atoms with Crippen LogP contribution in [0.15, 0.2) is 0 Å². The van der Waals surface area contributed by atoms with Gasteiger partial charge < -0.3 is 5.32 Å². The molecule has 2 atom stereocenters. The fraction of sp³-hybridized carbons (Fsp3) is 0.800. The number of hydrogen-bond acceptors (Lipinski definition) is 4. The third-order valence-electron chi connectivity index (χ3n) is 2.47. The third kappa shape index (κ3) is 3.38. The van der Waals surface area contributed by atoms with Crippen LogP contribution in [0.4, 0.5) is 0 Å². The second-order valence-electron chi connectivity index (χ2n) is 3.87. The minimum atomic E-state index is -0.870. The largest absolute Gasteiger partial charge is 0.305 e. The van der Waals surface area contributed by atoms with Gasteiger partial charge in [-0.15, -0.1) is 0 Å². The van der Waals surface area contributed by atoms with Crippen molar-refractivity contribution in [3.05, 3.63) is 0 Å². The lowest BCUT2D eigenvalue weighted by molar-refractivity contribution is -0.138. The van der Waals surface area contributed by atoms with Gasteiger partial charge in [0.15, 0.2) is 0 Å². The van der Waals surface area contributed by atoms with Crippen LogP contribution in [0, 0.1) is 0 Å². The second kappa shape index (κ2) is 6.10. The van der Waals surface area contributed by atoms with E-state index in [4.69, 9.17) is 0 Å². The maximum absolute atomic E-state index is 11.7. The molecule has 1 rings (SSSR count). The minimum absolute atomic E-state index is 0.109. The average Bonchev–Trinajstić information content (AvgIpc) is 2.46. The summed E-state index contributed by atoms with van der Waals surface area (Å²) in [7, 11) is -0.870. The van der Waals surface area contributed by atoms with Crippen LogP contribution in [-0.2, 0) is 20.4 Å². The Kier molecular flexibility index (Phi) is 5.08. The maximum Gasteiger partial charge on any atom is 0.246 e. The molecule has 2 unspecified atom stereocenters. The lowest BCUT2D eigenvalue weighted by Gasteiger charge is -2.13. The number of hydrogen-bond donors (Lipinski definition) is 1. The van der Waals surface area contributed by atoms with E-state index in [0.717, 1.165) is 6.42 Å². The van der Waals surface area contributed by atoms with E-state index in [2.05, 4.69) is 5.32 Å². The van der Waals surface area contributed by atoms with E-state index in [-0.39, 0.29) is 18.2 Å². The van der Waals surface area contributed by atoms with Crippen molar-refractivity contribution in [1.82, 2.24) is 10.2 Å². The summed E-state index contributed by atoms with van der Waals surface area (Å²) in [5, 5.41) is 2.98. The van der Waals surface area contributed by atoms with Gasteiger partial charge in [-0.25, -0.2) is 0 Å². The molecule has 0 saturated carbocycles. The summed E-state index contributed by atoms with van der Waals surface area (Å²) in [6.07, 6.45) is 2.63. The Hall–Kier alpha value is -0.750. The molecular formula is C10H18N2O3S. The van der Waals surface area contributed by atoms with Gasteiger partial charge in [-0.05, 0) is 6.42 Å². The molecule has 0 aliphatic carbocycles. The monoisotopic (exact) mass is 246 g/mol. The standard InChI is InChI=1S/C10H18N2O3S/c1-3-5-12-9(13)7-8(10(12)14)11-4-6-16(2)15/h8,11H,3-7H2,1-2H3. The molecule has 1 aliphatic rings. The summed E-state index contributed by atoms with van der Waals surface area (Å²) in [6.45, 7) is 2.93. The second-order valence-corrected chi connectivity index (χ2v) is 5.43. The highest BCUT2D eigenvalue weighted by atomic mass is 32.2. The topological polar surface area (TPSA) is 66.5 Å². The molecule has 0 bridgehead atoms. The zero-order valence-electron chi connectivity index (χ0n) is 9.69. The Morgan fingerprint density at radius 1 is 1.50 bits per heavy atom. The van der Waals surface area contributed by atoms with Crippen LogP contribution >= 0.6 is 0 Å². The maximum atomic E-state index is 11.7. The van der Waals surface area contributed by atoms with Crippen molar-refractivity contribution in [3.8, 4) is 0 Å². The molecule has 0 aromatic heterocycles. The molecule has 0 aromatic rings. The zero-order valence-corrected chi connectivity index (χ0v) is 10.5. The van der Waals surface area contributed by atoms with Crippen molar-refractivity contribution in [3.63, 3.8) is 0 Å². The van der Waals surface area contributed by atoms with E-state index in [1.165, 1.54) is 4.90 Å². The van der Waals surface area contributed by atoms with Crippen LogP contribution in [0.2, 0.25) is 0 Å². The fourth-order valence-electron chi connectivity index (χ4n) is 1.68. The highest BCUT2D eigenvalue weighted by Crippen LogP contribution is 2.13. The van der Waals surface area contributed by atoms with E-state index in [1.807, 2.05) is 6.92 Å². The van der Waals surface area contributed by atoms with Gasteiger partial charge in [0.25, 0.3) is 0 Å². The zero-order chi connectivity index (χ0) is 12.1. The molecule has 1 fully saturated rings. The number of imide groups is 1. The van der Waals surface area contributed by atoms with E-state index < -0.39 is 16.8 Å². The van der Waals surface area contributed by atoms with Crippen molar-refractivity contribution >= 4 is 22.6 Å². The van der Waals surface area contributed by atoms with E-state index in [0.29, 0.717) is 18.8 Å². The summed E-state index contributed by atoms with van der Waals surface area (Å²) in [5.74, 6) is 0.252. The van der Waals surface area contributed by atoms with Gasteiger partial charge in [-0.3, -0.25) is 18.7 Å². The summed E-state index contributed by atoms with van der Waals surface area (Å²) in [4.78, 5) is 24.5. The fourth-order valence-corrected chi connectivity index (χ4v) is 2.08. The first-order chi connectivity index (χ1) is 7.56. The molecular weight excluding hydrogens is 228 g/mol. The minimum Gasteiger partial charge on any atom is -0.305 e. The molecule has 1 aliphatic heterocycles. The number of carbonyl (C=O) groups excluding carboxylic acids is 2. The summed E-state index contributed by atoms with van der Waals surface area (Å²) in [6, 6.07) is -0.414. The predicted molar refractivity (Wildman–Crippen MR) is 62.4 cm³/mol. The SMILES string of the molecule is CCCN1C(=O)CC(NCCS(C)=O)C1=O. The number of amides is 2. The average molecular weight is 246 g/mol. The first-order valence-electron chi connectivity index (χ1n) is 5.44. The molecule has 1 heterocycles. The van der Waals surface area contributed by atoms with Crippen LogP contribution in [0.1, 0.15) is 19.8 Å². The van der Waals surface area contributed by atoms with Crippen molar-refractivity contribution < 1.29 is 13.8 Å². The number of nitrogens with one attached hydrogen (secondary N) is 1. The lowest BCUT2D eigenvalue weighted by Crippen LogP contribution is -2.40. The molecule has 16 heavy (non-hydrogen) atoms. The Morgan fingerprint density at radius 2 is 2.19 bits per heavy atom.